The summed E-state index contributed by atoms with van der Waals surface area (Å²) in [4.78, 5) is 15.5. The summed E-state index contributed by atoms with van der Waals surface area (Å²) >= 11 is 0. The molecule has 0 unspecified atom stereocenters. The molecule has 5 heteroatoms. The van der Waals surface area contributed by atoms with Crippen LogP contribution in [-0.4, -0.2) is 16.1 Å². The second kappa shape index (κ2) is 4.74. The van der Waals surface area contributed by atoms with Crippen molar-refractivity contribution in [2.45, 2.75) is 33.1 Å². The zero-order valence-electron chi connectivity index (χ0n) is 11.8. The summed E-state index contributed by atoms with van der Waals surface area (Å²) in [6.07, 6.45) is 0. The van der Waals surface area contributed by atoms with Gasteiger partial charge < -0.3 is 9.52 Å². The fourth-order valence-corrected chi connectivity index (χ4v) is 1.96. The van der Waals surface area contributed by atoms with Crippen molar-refractivity contribution in [1.82, 2.24) is 4.98 Å². The van der Waals surface area contributed by atoms with Crippen LogP contribution in [0.4, 0.5) is 4.39 Å². The Balaban J connectivity index is 2.62. The Morgan fingerprint density at radius 1 is 1.30 bits per heavy atom. The van der Waals surface area contributed by atoms with Gasteiger partial charge in [0.05, 0.1) is 0 Å². The highest BCUT2D eigenvalue weighted by Crippen LogP contribution is 2.30. The molecule has 0 radical (unpaired) electrons. The summed E-state index contributed by atoms with van der Waals surface area (Å²) in [5.41, 5.74) is 1.02. The van der Waals surface area contributed by atoms with E-state index in [0.29, 0.717) is 16.8 Å². The van der Waals surface area contributed by atoms with E-state index in [2.05, 4.69) is 4.98 Å². The Morgan fingerprint density at radius 2 is 1.95 bits per heavy atom. The van der Waals surface area contributed by atoms with Gasteiger partial charge in [0, 0.05) is 11.0 Å². The lowest BCUT2D eigenvalue weighted by atomic mass is 9.91. The summed E-state index contributed by atoms with van der Waals surface area (Å²) in [5, 5.41) is 9.19. The van der Waals surface area contributed by atoms with Crippen molar-refractivity contribution in [1.29, 1.82) is 0 Å². The smallest absolute Gasteiger partial charge is 0.373 e. The van der Waals surface area contributed by atoms with E-state index in [-0.39, 0.29) is 11.7 Å². The lowest BCUT2D eigenvalue weighted by molar-refractivity contribution is 0.0659. The molecule has 0 saturated heterocycles. The molecule has 4 nitrogen and oxygen atoms in total. The number of oxazole rings is 1. The van der Waals surface area contributed by atoms with Crippen LogP contribution in [0.15, 0.2) is 22.6 Å². The molecule has 20 heavy (non-hydrogen) atoms. The van der Waals surface area contributed by atoms with Gasteiger partial charge in [0.15, 0.2) is 0 Å². The molecule has 0 bridgehead atoms. The number of rotatable bonds is 2. The zero-order valence-corrected chi connectivity index (χ0v) is 11.8. The third kappa shape index (κ3) is 2.71. The number of aromatic carboxylic acids is 1. The van der Waals surface area contributed by atoms with Crippen molar-refractivity contribution < 1.29 is 18.7 Å². The molecule has 1 aromatic carbocycles. The van der Waals surface area contributed by atoms with Gasteiger partial charge in [0.2, 0.25) is 11.7 Å². The van der Waals surface area contributed by atoms with Gasteiger partial charge in [0.1, 0.15) is 11.5 Å². The number of carbonyl (C=O) groups is 1. The SMILES string of the molecule is Cc1cc(F)cc(-c2nc(C(C)(C)C)c(C(=O)O)o2)c1. The standard InChI is InChI=1S/C15H16FNO3/c1-8-5-9(7-10(16)6-8)13-17-12(15(2,3)4)11(20-13)14(18)19/h5-7H,1-4H3,(H,18,19). The third-order valence-electron chi connectivity index (χ3n) is 2.82. The lowest BCUT2D eigenvalue weighted by Crippen LogP contribution is -2.16. The Kier molecular flexibility index (Phi) is 3.38. The quantitative estimate of drug-likeness (QED) is 0.907. The molecule has 0 saturated carbocycles. The van der Waals surface area contributed by atoms with E-state index >= 15 is 0 Å². The molecule has 0 amide bonds. The van der Waals surface area contributed by atoms with Crippen LogP contribution in [0, 0.1) is 12.7 Å². The fraction of sp³-hybridized carbons (Fsp3) is 0.333. The average Bonchev–Trinajstić information content (AvgIpc) is 2.71. The number of nitrogens with zero attached hydrogens (tertiary/aromatic N) is 1. The van der Waals surface area contributed by atoms with E-state index < -0.39 is 17.2 Å². The molecular formula is C15H16FNO3. The van der Waals surface area contributed by atoms with Gasteiger partial charge in [-0.25, -0.2) is 14.2 Å². The second-order valence-electron chi connectivity index (χ2n) is 5.77. The molecule has 0 spiro atoms. The van der Waals surface area contributed by atoms with Crippen LogP contribution < -0.4 is 0 Å². The first-order chi connectivity index (χ1) is 9.18. The van der Waals surface area contributed by atoms with E-state index in [4.69, 9.17) is 4.42 Å². The highest BCUT2D eigenvalue weighted by atomic mass is 19.1. The number of carboxylic acid groups (broad SMARTS) is 1. The number of hydrogen-bond acceptors (Lipinski definition) is 3. The maximum absolute atomic E-state index is 13.4. The minimum absolute atomic E-state index is 0.120. The number of carboxylic acids is 1. The van der Waals surface area contributed by atoms with Crippen LogP contribution in [-0.2, 0) is 5.41 Å². The number of benzene rings is 1. The van der Waals surface area contributed by atoms with Gasteiger partial charge in [-0.3, -0.25) is 0 Å². The average molecular weight is 277 g/mol. The van der Waals surface area contributed by atoms with Crippen LogP contribution >= 0.6 is 0 Å². The number of hydrogen-bond donors (Lipinski definition) is 1. The number of aryl methyl sites for hydroxylation is 1. The normalized spacial score (nSPS) is 11.7. The largest absolute Gasteiger partial charge is 0.475 e. The second-order valence-corrected chi connectivity index (χ2v) is 5.77. The Bertz CT molecular complexity index is 648. The monoisotopic (exact) mass is 277 g/mol. The lowest BCUT2D eigenvalue weighted by Gasteiger charge is -2.14. The predicted molar refractivity (Wildman–Crippen MR) is 72.3 cm³/mol. The topological polar surface area (TPSA) is 63.3 Å². The van der Waals surface area contributed by atoms with Crippen molar-refractivity contribution in [2.75, 3.05) is 0 Å². The highest BCUT2D eigenvalue weighted by Gasteiger charge is 2.29. The maximum atomic E-state index is 13.4. The van der Waals surface area contributed by atoms with Crippen LogP contribution in [0.2, 0.25) is 0 Å². The predicted octanol–water partition coefficient (Wildman–Crippen LogP) is 3.78. The van der Waals surface area contributed by atoms with Gasteiger partial charge in [-0.2, -0.15) is 0 Å². The van der Waals surface area contributed by atoms with Crippen molar-refractivity contribution in [3.05, 3.63) is 41.0 Å². The van der Waals surface area contributed by atoms with E-state index in [9.17, 15) is 14.3 Å². The first kappa shape index (κ1) is 14.2. The minimum atomic E-state index is -1.18. The molecule has 0 atom stereocenters. The highest BCUT2D eigenvalue weighted by molar-refractivity contribution is 5.86. The zero-order chi connectivity index (χ0) is 15.1. The van der Waals surface area contributed by atoms with Crippen LogP contribution in [0.5, 0.6) is 0 Å². The summed E-state index contributed by atoms with van der Waals surface area (Å²) < 4.78 is 18.7. The molecule has 1 heterocycles. The summed E-state index contributed by atoms with van der Waals surface area (Å²) in [7, 11) is 0. The van der Waals surface area contributed by atoms with Crippen molar-refractivity contribution in [3.63, 3.8) is 0 Å². The molecule has 0 fully saturated rings. The summed E-state index contributed by atoms with van der Waals surface area (Å²) in [6, 6.07) is 4.36. The molecule has 2 rings (SSSR count). The first-order valence-corrected chi connectivity index (χ1v) is 6.20. The van der Waals surface area contributed by atoms with Crippen LogP contribution in [0.1, 0.15) is 42.6 Å². The third-order valence-corrected chi connectivity index (χ3v) is 2.82. The van der Waals surface area contributed by atoms with Gasteiger partial charge in [-0.05, 0) is 30.7 Å². The molecule has 2 aromatic rings. The Labute approximate surface area is 116 Å². The van der Waals surface area contributed by atoms with Gasteiger partial charge >= 0.3 is 5.97 Å². The molecule has 1 aromatic heterocycles. The molecule has 0 aliphatic carbocycles. The van der Waals surface area contributed by atoms with Crippen molar-refractivity contribution >= 4 is 5.97 Å². The molecule has 1 N–H and O–H groups in total. The molecule has 0 aliphatic rings. The van der Waals surface area contributed by atoms with Gasteiger partial charge in [-0.15, -0.1) is 0 Å². The van der Waals surface area contributed by atoms with E-state index in [1.54, 1.807) is 13.0 Å². The van der Waals surface area contributed by atoms with Crippen molar-refractivity contribution in [2.24, 2.45) is 0 Å². The number of aromatic nitrogens is 1. The number of halogens is 1. The van der Waals surface area contributed by atoms with Gasteiger partial charge in [-0.1, -0.05) is 20.8 Å². The van der Waals surface area contributed by atoms with Crippen LogP contribution in [0.3, 0.4) is 0 Å². The fourth-order valence-electron chi connectivity index (χ4n) is 1.96. The van der Waals surface area contributed by atoms with E-state index in [1.807, 2.05) is 20.8 Å². The Morgan fingerprint density at radius 3 is 2.40 bits per heavy atom. The summed E-state index contributed by atoms with van der Waals surface area (Å²) in [5.74, 6) is -1.67. The van der Waals surface area contributed by atoms with Crippen molar-refractivity contribution in [3.8, 4) is 11.5 Å². The summed E-state index contributed by atoms with van der Waals surface area (Å²) in [6.45, 7) is 7.28. The maximum Gasteiger partial charge on any atom is 0.373 e. The Hall–Kier alpha value is -2.17. The van der Waals surface area contributed by atoms with E-state index in [0.717, 1.165) is 0 Å². The van der Waals surface area contributed by atoms with Crippen LogP contribution in [0.25, 0.3) is 11.5 Å². The molecule has 106 valence electrons. The molecular weight excluding hydrogens is 261 g/mol. The van der Waals surface area contributed by atoms with Gasteiger partial charge in [0.25, 0.3) is 0 Å². The first-order valence-electron chi connectivity index (χ1n) is 6.20. The van der Waals surface area contributed by atoms with E-state index in [1.165, 1.54) is 12.1 Å². The minimum Gasteiger partial charge on any atom is -0.475 e. The molecule has 0 aliphatic heterocycles.